The number of nitrogens with zero attached hydrogens (tertiary/aromatic N) is 4. The van der Waals surface area contributed by atoms with Crippen molar-refractivity contribution < 1.29 is 9.53 Å². The maximum Gasteiger partial charge on any atom is 0.250 e. The van der Waals surface area contributed by atoms with Crippen LogP contribution in [0.15, 0.2) is 83.1 Å². The SMILES string of the molecule is COc1ccc(-c2nnc(SCC(=O)N/N=C/c3cccc(C)c3)n2-c2ccc(Cl)cc2)cc1. The minimum Gasteiger partial charge on any atom is -0.497 e. The molecular weight excluding hydrogens is 470 g/mol. The lowest BCUT2D eigenvalue weighted by atomic mass is 10.2. The quantitative estimate of drug-likeness (QED) is 0.209. The van der Waals surface area contributed by atoms with E-state index in [9.17, 15) is 4.79 Å². The van der Waals surface area contributed by atoms with E-state index in [0.29, 0.717) is 16.0 Å². The Morgan fingerprint density at radius 1 is 1.12 bits per heavy atom. The predicted octanol–water partition coefficient (Wildman–Crippen LogP) is 5.15. The number of nitrogens with one attached hydrogen (secondary N) is 1. The average molecular weight is 492 g/mol. The van der Waals surface area contributed by atoms with E-state index < -0.39 is 0 Å². The molecule has 1 heterocycles. The zero-order valence-corrected chi connectivity index (χ0v) is 20.2. The second-order valence-corrected chi connectivity index (χ2v) is 8.72. The largest absolute Gasteiger partial charge is 0.497 e. The molecule has 0 aliphatic heterocycles. The van der Waals surface area contributed by atoms with Gasteiger partial charge in [-0.3, -0.25) is 9.36 Å². The molecule has 0 saturated heterocycles. The summed E-state index contributed by atoms with van der Waals surface area (Å²) in [6.07, 6.45) is 1.62. The zero-order chi connectivity index (χ0) is 23.9. The van der Waals surface area contributed by atoms with Crippen LogP contribution < -0.4 is 10.2 Å². The number of ether oxygens (including phenoxy) is 1. The number of carbonyl (C=O) groups excluding carboxylic acids is 1. The van der Waals surface area contributed by atoms with E-state index in [1.54, 1.807) is 25.5 Å². The summed E-state index contributed by atoms with van der Waals surface area (Å²) in [6.45, 7) is 2.00. The Bertz CT molecular complexity index is 1300. The van der Waals surface area contributed by atoms with E-state index in [4.69, 9.17) is 16.3 Å². The first-order valence-corrected chi connectivity index (χ1v) is 11.8. The van der Waals surface area contributed by atoms with Crippen molar-refractivity contribution in [3.05, 3.63) is 88.9 Å². The van der Waals surface area contributed by atoms with Crippen molar-refractivity contribution in [2.45, 2.75) is 12.1 Å². The average Bonchev–Trinajstić information content (AvgIpc) is 3.27. The van der Waals surface area contributed by atoms with Gasteiger partial charge < -0.3 is 4.74 Å². The molecule has 0 aliphatic rings. The molecule has 4 rings (SSSR count). The number of benzene rings is 3. The van der Waals surface area contributed by atoms with Gasteiger partial charge in [-0.05, 0) is 61.0 Å². The molecule has 0 radical (unpaired) electrons. The number of thioether (sulfide) groups is 1. The van der Waals surface area contributed by atoms with Gasteiger partial charge in [-0.2, -0.15) is 5.10 Å². The molecule has 9 heteroatoms. The van der Waals surface area contributed by atoms with Crippen molar-refractivity contribution in [1.82, 2.24) is 20.2 Å². The van der Waals surface area contributed by atoms with Crippen molar-refractivity contribution in [3.8, 4) is 22.8 Å². The van der Waals surface area contributed by atoms with E-state index in [2.05, 4.69) is 20.7 Å². The number of aryl methyl sites for hydroxylation is 1. The highest BCUT2D eigenvalue weighted by Gasteiger charge is 2.17. The van der Waals surface area contributed by atoms with Crippen LogP contribution in [0, 0.1) is 6.92 Å². The summed E-state index contributed by atoms with van der Waals surface area (Å²) in [5.74, 6) is 1.27. The van der Waals surface area contributed by atoms with Gasteiger partial charge in [0.2, 0.25) is 0 Å². The van der Waals surface area contributed by atoms with Gasteiger partial charge in [0.15, 0.2) is 11.0 Å². The van der Waals surface area contributed by atoms with Crippen LogP contribution >= 0.6 is 23.4 Å². The second kappa shape index (κ2) is 11.0. The molecule has 0 spiro atoms. The Morgan fingerprint density at radius 3 is 2.59 bits per heavy atom. The van der Waals surface area contributed by atoms with E-state index in [1.165, 1.54) is 11.8 Å². The van der Waals surface area contributed by atoms with Gasteiger partial charge in [-0.1, -0.05) is 53.2 Å². The van der Waals surface area contributed by atoms with Gasteiger partial charge in [-0.15, -0.1) is 10.2 Å². The fourth-order valence-corrected chi connectivity index (χ4v) is 4.08. The normalized spacial score (nSPS) is 11.0. The maximum atomic E-state index is 12.4. The number of aromatic nitrogens is 3. The maximum absolute atomic E-state index is 12.4. The topological polar surface area (TPSA) is 81.4 Å². The molecule has 172 valence electrons. The smallest absolute Gasteiger partial charge is 0.250 e. The van der Waals surface area contributed by atoms with Gasteiger partial charge >= 0.3 is 0 Å². The number of halogens is 1. The third-order valence-corrected chi connectivity index (χ3v) is 6.02. The van der Waals surface area contributed by atoms with E-state index >= 15 is 0 Å². The molecule has 1 N–H and O–H groups in total. The Kier molecular flexibility index (Phi) is 7.61. The highest BCUT2D eigenvalue weighted by molar-refractivity contribution is 7.99. The molecule has 3 aromatic carbocycles. The summed E-state index contributed by atoms with van der Waals surface area (Å²) in [5.41, 5.74) is 6.30. The van der Waals surface area contributed by atoms with Gasteiger partial charge in [0.05, 0.1) is 19.1 Å². The first kappa shape index (κ1) is 23.5. The molecule has 1 aromatic heterocycles. The standard InChI is InChI=1S/C25H22ClN5O2S/c1-17-4-3-5-18(14-17)15-27-28-23(32)16-34-25-30-29-24(19-6-12-22(33-2)13-7-19)31(25)21-10-8-20(26)9-11-21/h3-15H,16H2,1-2H3,(H,28,32)/b27-15+. The number of methoxy groups -OCH3 is 1. The molecule has 0 atom stereocenters. The first-order valence-electron chi connectivity index (χ1n) is 10.4. The van der Waals surface area contributed by atoms with E-state index in [1.807, 2.05) is 72.2 Å². The lowest BCUT2D eigenvalue weighted by molar-refractivity contribution is -0.118. The minimum absolute atomic E-state index is 0.124. The number of hydrazone groups is 1. The van der Waals surface area contributed by atoms with Crippen molar-refractivity contribution >= 4 is 35.5 Å². The Hall–Kier alpha value is -3.62. The Balaban J connectivity index is 1.52. The van der Waals surface area contributed by atoms with Crippen LogP contribution in [0.3, 0.4) is 0 Å². The summed E-state index contributed by atoms with van der Waals surface area (Å²) in [5, 5.41) is 14.0. The molecule has 34 heavy (non-hydrogen) atoms. The Morgan fingerprint density at radius 2 is 1.88 bits per heavy atom. The van der Waals surface area contributed by atoms with E-state index in [0.717, 1.165) is 28.1 Å². The van der Waals surface area contributed by atoms with Crippen molar-refractivity contribution in [2.24, 2.45) is 5.10 Å². The molecule has 0 saturated carbocycles. The van der Waals surface area contributed by atoms with Crippen LogP contribution in [0.1, 0.15) is 11.1 Å². The minimum atomic E-state index is -0.245. The summed E-state index contributed by atoms with van der Waals surface area (Å²) in [7, 11) is 1.62. The van der Waals surface area contributed by atoms with Crippen molar-refractivity contribution in [3.63, 3.8) is 0 Å². The molecular formula is C25H22ClN5O2S. The monoisotopic (exact) mass is 491 g/mol. The summed E-state index contributed by atoms with van der Waals surface area (Å²) in [4.78, 5) is 12.4. The zero-order valence-electron chi connectivity index (χ0n) is 18.6. The van der Waals surface area contributed by atoms with Crippen molar-refractivity contribution in [2.75, 3.05) is 12.9 Å². The third kappa shape index (κ3) is 5.84. The molecule has 0 fully saturated rings. The van der Waals surface area contributed by atoms with Crippen LogP contribution in [0.5, 0.6) is 5.75 Å². The number of hydrogen-bond acceptors (Lipinski definition) is 6. The first-order chi connectivity index (χ1) is 16.5. The molecule has 1 amide bonds. The highest BCUT2D eigenvalue weighted by atomic mass is 35.5. The van der Waals surface area contributed by atoms with Gasteiger partial charge in [0.1, 0.15) is 5.75 Å². The van der Waals surface area contributed by atoms with Gasteiger partial charge in [0, 0.05) is 16.3 Å². The van der Waals surface area contributed by atoms with Crippen molar-refractivity contribution in [1.29, 1.82) is 0 Å². The summed E-state index contributed by atoms with van der Waals surface area (Å²) in [6, 6.07) is 22.8. The molecule has 7 nitrogen and oxygen atoms in total. The van der Waals surface area contributed by atoms with Crippen LogP contribution in [-0.4, -0.2) is 39.7 Å². The Labute approximate surface area is 206 Å². The molecule has 0 aliphatic carbocycles. The summed E-state index contributed by atoms with van der Waals surface area (Å²) < 4.78 is 7.15. The molecule has 0 unspecified atom stereocenters. The van der Waals surface area contributed by atoms with Crippen LogP contribution in [-0.2, 0) is 4.79 Å². The van der Waals surface area contributed by atoms with Crippen LogP contribution in [0.2, 0.25) is 5.02 Å². The second-order valence-electron chi connectivity index (χ2n) is 7.34. The number of rotatable bonds is 8. The van der Waals surface area contributed by atoms with Gasteiger partial charge in [-0.25, -0.2) is 5.43 Å². The van der Waals surface area contributed by atoms with E-state index in [-0.39, 0.29) is 11.7 Å². The predicted molar refractivity (Wildman–Crippen MR) is 136 cm³/mol. The van der Waals surface area contributed by atoms with Crippen LogP contribution in [0.4, 0.5) is 0 Å². The molecule has 0 bridgehead atoms. The lowest BCUT2D eigenvalue weighted by Gasteiger charge is -2.11. The number of carbonyl (C=O) groups is 1. The fraction of sp³-hybridized carbons (Fsp3) is 0.120. The number of amides is 1. The number of hydrogen-bond donors (Lipinski definition) is 1. The van der Waals surface area contributed by atoms with Gasteiger partial charge in [0.25, 0.3) is 5.91 Å². The lowest BCUT2D eigenvalue weighted by Crippen LogP contribution is -2.20. The molecule has 4 aromatic rings. The summed E-state index contributed by atoms with van der Waals surface area (Å²) >= 11 is 7.35. The highest BCUT2D eigenvalue weighted by Crippen LogP contribution is 2.29. The van der Waals surface area contributed by atoms with Crippen LogP contribution in [0.25, 0.3) is 17.1 Å². The fourth-order valence-electron chi connectivity index (χ4n) is 3.20. The third-order valence-electron chi connectivity index (χ3n) is 4.84.